The lowest BCUT2D eigenvalue weighted by atomic mass is 10.2. The summed E-state index contributed by atoms with van der Waals surface area (Å²) in [4.78, 5) is 13.9. The molecule has 0 aliphatic rings. The molecule has 0 spiro atoms. The summed E-state index contributed by atoms with van der Waals surface area (Å²) in [6.07, 6.45) is 1.54. The van der Waals surface area contributed by atoms with E-state index in [1.807, 2.05) is 0 Å². The molecular formula is C18H19F2N5O3S. The quantitative estimate of drug-likeness (QED) is 0.439. The Bertz CT molecular complexity index is 974. The van der Waals surface area contributed by atoms with E-state index in [9.17, 15) is 13.6 Å². The highest BCUT2D eigenvalue weighted by Crippen LogP contribution is 2.25. The molecule has 0 fully saturated rings. The summed E-state index contributed by atoms with van der Waals surface area (Å²) in [5.74, 6) is 7.19. The summed E-state index contributed by atoms with van der Waals surface area (Å²) in [5, 5.41) is 8.48. The van der Waals surface area contributed by atoms with Crippen molar-refractivity contribution >= 4 is 17.7 Å². The van der Waals surface area contributed by atoms with Crippen LogP contribution in [0.25, 0.3) is 11.4 Å². The van der Waals surface area contributed by atoms with E-state index < -0.39 is 6.61 Å². The minimum absolute atomic E-state index is 0.0687. The maximum Gasteiger partial charge on any atom is 0.387 e. The van der Waals surface area contributed by atoms with Gasteiger partial charge in [0.25, 0.3) is 0 Å². The van der Waals surface area contributed by atoms with E-state index in [1.54, 1.807) is 32.2 Å². The van der Waals surface area contributed by atoms with Crippen LogP contribution in [0.1, 0.15) is 11.3 Å². The van der Waals surface area contributed by atoms with Crippen LogP contribution >= 0.6 is 11.8 Å². The summed E-state index contributed by atoms with van der Waals surface area (Å²) in [6, 6.07) is 7.87. The third kappa shape index (κ3) is 5.05. The van der Waals surface area contributed by atoms with Gasteiger partial charge in [-0.15, -0.1) is 10.2 Å². The van der Waals surface area contributed by atoms with Crippen molar-refractivity contribution in [3.05, 3.63) is 47.9 Å². The summed E-state index contributed by atoms with van der Waals surface area (Å²) < 4.78 is 35.2. The number of amides is 1. The Labute approximate surface area is 169 Å². The molecule has 0 aliphatic heterocycles. The lowest BCUT2D eigenvalue weighted by Crippen LogP contribution is -2.28. The molecule has 1 amide bonds. The highest BCUT2D eigenvalue weighted by molar-refractivity contribution is 7.99. The number of aromatic nitrogens is 3. The van der Waals surface area contributed by atoms with E-state index in [-0.39, 0.29) is 17.4 Å². The molecule has 0 bridgehead atoms. The van der Waals surface area contributed by atoms with Gasteiger partial charge in [0.2, 0.25) is 11.1 Å². The fraction of sp³-hybridized carbons (Fsp3) is 0.278. The third-order valence-corrected chi connectivity index (χ3v) is 5.01. The number of nitrogen functional groups attached to an aromatic ring is 1. The van der Waals surface area contributed by atoms with Gasteiger partial charge in [0.05, 0.1) is 17.6 Å². The summed E-state index contributed by atoms with van der Waals surface area (Å²) in [7, 11) is 1.65. The summed E-state index contributed by atoms with van der Waals surface area (Å²) in [5.41, 5.74) is 1.52. The lowest BCUT2D eigenvalue weighted by molar-refractivity contribution is -0.127. The van der Waals surface area contributed by atoms with Crippen LogP contribution in [0.2, 0.25) is 0 Å². The van der Waals surface area contributed by atoms with Gasteiger partial charge in [0, 0.05) is 13.6 Å². The van der Waals surface area contributed by atoms with E-state index in [1.165, 1.54) is 39.7 Å². The molecule has 2 heterocycles. The highest BCUT2D eigenvalue weighted by Gasteiger charge is 2.18. The molecule has 2 N–H and O–H groups in total. The molecule has 8 nitrogen and oxygen atoms in total. The monoisotopic (exact) mass is 423 g/mol. The Morgan fingerprint density at radius 3 is 2.66 bits per heavy atom. The number of alkyl halides is 2. The van der Waals surface area contributed by atoms with E-state index >= 15 is 0 Å². The topological polar surface area (TPSA) is 99.4 Å². The number of furan rings is 1. The van der Waals surface area contributed by atoms with Crippen LogP contribution in [0.15, 0.2) is 46.2 Å². The number of ether oxygens (including phenoxy) is 1. The number of hydrogen-bond donors (Lipinski definition) is 1. The van der Waals surface area contributed by atoms with Gasteiger partial charge in [-0.2, -0.15) is 8.78 Å². The van der Waals surface area contributed by atoms with E-state index in [0.29, 0.717) is 23.3 Å². The van der Waals surface area contributed by atoms with Crippen molar-refractivity contribution in [2.75, 3.05) is 18.6 Å². The van der Waals surface area contributed by atoms with Crippen LogP contribution in [0.5, 0.6) is 5.75 Å². The molecule has 29 heavy (non-hydrogen) atoms. The van der Waals surface area contributed by atoms with Crippen molar-refractivity contribution in [1.82, 2.24) is 19.8 Å². The fourth-order valence-corrected chi connectivity index (χ4v) is 3.35. The van der Waals surface area contributed by atoms with Crippen LogP contribution in [0.4, 0.5) is 8.78 Å². The molecule has 0 radical (unpaired) electrons. The van der Waals surface area contributed by atoms with Gasteiger partial charge in [0.15, 0.2) is 5.82 Å². The van der Waals surface area contributed by atoms with Crippen LogP contribution in [0.3, 0.4) is 0 Å². The highest BCUT2D eigenvalue weighted by atomic mass is 32.2. The van der Waals surface area contributed by atoms with Crippen LogP contribution in [-0.2, 0) is 11.3 Å². The van der Waals surface area contributed by atoms with Crippen molar-refractivity contribution < 1.29 is 22.7 Å². The number of nitrogens with zero attached hydrogens (tertiary/aromatic N) is 4. The summed E-state index contributed by atoms with van der Waals surface area (Å²) in [6.45, 7) is -0.755. The first-order chi connectivity index (χ1) is 13.8. The average molecular weight is 423 g/mol. The first-order valence-electron chi connectivity index (χ1n) is 8.50. The Balaban J connectivity index is 1.55. The SMILES string of the molecule is Cc1occc1-c1nnc(SCC(=O)N(C)Cc2ccc(OC(F)F)cc2)n1N. The second-order valence-electron chi connectivity index (χ2n) is 6.13. The van der Waals surface area contributed by atoms with Gasteiger partial charge in [0.1, 0.15) is 11.5 Å². The van der Waals surface area contributed by atoms with Crippen LogP contribution < -0.4 is 10.6 Å². The van der Waals surface area contributed by atoms with E-state index in [0.717, 1.165) is 11.1 Å². The molecule has 11 heteroatoms. The number of carbonyl (C=O) groups excluding carboxylic acids is 1. The Kier molecular flexibility index (Phi) is 6.37. The van der Waals surface area contributed by atoms with Gasteiger partial charge >= 0.3 is 6.61 Å². The molecule has 0 unspecified atom stereocenters. The number of halogens is 2. The van der Waals surface area contributed by atoms with E-state index in [4.69, 9.17) is 10.3 Å². The van der Waals surface area contributed by atoms with Gasteiger partial charge in [-0.1, -0.05) is 23.9 Å². The second kappa shape index (κ2) is 8.95. The molecule has 154 valence electrons. The zero-order chi connectivity index (χ0) is 21.0. The Morgan fingerprint density at radius 1 is 1.31 bits per heavy atom. The van der Waals surface area contributed by atoms with Crippen molar-refractivity contribution in [2.24, 2.45) is 0 Å². The van der Waals surface area contributed by atoms with Crippen molar-refractivity contribution in [2.45, 2.75) is 25.2 Å². The number of benzene rings is 1. The predicted octanol–water partition coefficient (Wildman–Crippen LogP) is 2.91. The second-order valence-corrected chi connectivity index (χ2v) is 7.07. The first-order valence-corrected chi connectivity index (χ1v) is 9.49. The molecule has 0 saturated carbocycles. The standard InChI is InChI=1S/C18H19F2N5O3S/c1-11-14(7-8-27-11)16-22-23-18(25(16)21)29-10-15(26)24(2)9-12-3-5-13(6-4-12)28-17(19)20/h3-8,17H,9-10,21H2,1-2H3. The average Bonchev–Trinajstić information content (AvgIpc) is 3.26. The number of carbonyl (C=O) groups is 1. The number of rotatable bonds is 8. The van der Waals surface area contributed by atoms with Crippen molar-refractivity contribution in [3.63, 3.8) is 0 Å². The molecule has 0 aliphatic carbocycles. The molecule has 0 saturated heterocycles. The zero-order valence-electron chi connectivity index (χ0n) is 15.7. The van der Waals surface area contributed by atoms with E-state index in [2.05, 4.69) is 14.9 Å². The number of thioether (sulfide) groups is 1. The normalized spacial score (nSPS) is 11.1. The van der Waals surface area contributed by atoms with Crippen LogP contribution in [-0.4, -0.2) is 45.1 Å². The summed E-state index contributed by atoms with van der Waals surface area (Å²) >= 11 is 1.17. The molecule has 3 aromatic rings. The number of nitrogens with two attached hydrogens (primary N) is 1. The van der Waals surface area contributed by atoms with Gasteiger partial charge in [-0.3, -0.25) is 4.79 Å². The number of aryl methyl sites for hydroxylation is 1. The molecule has 1 aromatic carbocycles. The maximum absolute atomic E-state index is 12.4. The number of hydrogen-bond acceptors (Lipinski definition) is 7. The minimum atomic E-state index is -2.87. The van der Waals surface area contributed by atoms with Gasteiger partial charge < -0.3 is 19.9 Å². The lowest BCUT2D eigenvalue weighted by Gasteiger charge is -2.17. The van der Waals surface area contributed by atoms with Crippen LogP contribution in [0, 0.1) is 6.92 Å². The van der Waals surface area contributed by atoms with Gasteiger partial charge in [-0.25, -0.2) is 4.68 Å². The minimum Gasteiger partial charge on any atom is -0.469 e. The molecule has 0 atom stereocenters. The third-order valence-electron chi connectivity index (χ3n) is 4.08. The molecule has 3 rings (SSSR count). The predicted molar refractivity (Wildman–Crippen MR) is 103 cm³/mol. The van der Waals surface area contributed by atoms with Crippen molar-refractivity contribution in [3.8, 4) is 17.1 Å². The molecule has 2 aromatic heterocycles. The maximum atomic E-state index is 12.4. The Hall–Kier alpha value is -3.08. The smallest absolute Gasteiger partial charge is 0.387 e. The van der Waals surface area contributed by atoms with Crippen molar-refractivity contribution in [1.29, 1.82) is 0 Å². The largest absolute Gasteiger partial charge is 0.469 e. The van der Waals surface area contributed by atoms with Gasteiger partial charge in [-0.05, 0) is 30.7 Å². The first kappa shape index (κ1) is 20.6. The fourth-order valence-electron chi connectivity index (χ4n) is 2.55. The Morgan fingerprint density at radius 2 is 2.03 bits per heavy atom. The molecular weight excluding hydrogens is 404 g/mol. The zero-order valence-corrected chi connectivity index (χ0v) is 16.5.